The number of imidazole rings is 1. The van der Waals surface area contributed by atoms with Crippen LogP contribution in [0, 0.1) is 6.92 Å². The standard InChI is InChI=1S/C47H41N4O/c1-28(2)38-25-34(31-16-18-33(19-17-31)40-27-48-23-24-49-40)26-39(29(3)4)44(38)51-42-14-10-9-13-41(42)50(6)47(51)43-30(5)15-21-37-36-22-20-32-11-7-8-12-35(32)45(36)52-46(37)43/h7-29H,1-6H3/q+1. The number of aromatic nitrogens is 4. The van der Waals surface area contributed by atoms with Crippen molar-refractivity contribution in [2.45, 2.75) is 46.5 Å². The molecular formula is C47H41N4O+. The molecule has 0 saturated carbocycles. The molecule has 0 aliphatic rings. The van der Waals surface area contributed by atoms with Crippen molar-refractivity contribution in [1.29, 1.82) is 0 Å². The number of hydrogen-bond donors (Lipinski definition) is 0. The Labute approximate surface area is 303 Å². The van der Waals surface area contributed by atoms with E-state index in [1.54, 1.807) is 12.4 Å². The van der Waals surface area contributed by atoms with E-state index in [1.807, 2.05) is 6.20 Å². The molecular weight excluding hydrogens is 637 g/mol. The van der Waals surface area contributed by atoms with Crippen LogP contribution in [0.5, 0.6) is 0 Å². The van der Waals surface area contributed by atoms with Gasteiger partial charge in [-0.3, -0.25) is 9.97 Å². The summed E-state index contributed by atoms with van der Waals surface area (Å²) in [5, 5.41) is 4.58. The van der Waals surface area contributed by atoms with Crippen LogP contribution in [0.15, 0.2) is 132 Å². The Morgan fingerprint density at radius 2 is 1.33 bits per heavy atom. The summed E-state index contributed by atoms with van der Waals surface area (Å²) in [6.07, 6.45) is 5.26. The first kappa shape index (κ1) is 31.9. The summed E-state index contributed by atoms with van der Waals surface area (Å²) in [4.78, 5) is 8.77. The SMILES string of the molecule is Cc1ccc2c(oc3c4ccccc4ccc23)c1-c1n(-c2c(C(C)C)cc(-c3ccc(-c4cnccn4)cc3)cc2C(C)C)c2ccccc2[n+]1C. The number of hydrogen-bond acceptors (Lipinski definition) is 3. The van der Waals surface area contributed by atoms with E-state index < -0.39 is 0 Å². The van der Waals surface area contributed by atoms with Crippen LogP contribution in [0.3, 0.4) is 0 Å². The Morgan fingerprint density at radius 3 is 2.06 bits per heavy atom. The third kappa shape index (κ3) is 4.95. The van der Waals surface area contributed by atoms with Crippen molar-refractivity contribution in [3.63, 3.8) is 0 Å². The van der Waals surface area contributed by atoms with E-state index in [0.717, 1.165) is 50.0 Å². The summed E-state index contributed by atoms with van der Waals surface area (Å²) in [5.41, 5.74) is 14.7. The van der Waals surface area contributed by atoms with E-state index in [2.05, 4.69) is 170 Å². The second kappa shape index (κ2) is 12.3. The van der Waals surface area contributed by atoms with Crippen molar-refractivity contribution in [2.75, 3.05) is 0 Å². The molecule has 0 aliphatic carbocycles. The third-order valence-corrected chi connectivity index (χ3v) is 10.7. The topological polar surface area (TPSA) is 47.7 Å². The van der Waals surface area contributed by atoms with E-state index in [-0.39, 0.29) is 11.8 Å². The van der Waals surface area contributed by atoms with Gasteiger partial charge in [0.2, 0.25) is 0 Å². The lowest BCUT2D eigenvalue weighted by molar-refractivity contribution is -0.633. The normalized spacial score (nSPS) is 12.0. The molecule has 5 heteroatoms. The summed E-state index contributed by atoms with van der Waals surface area (Å²) in [6, 6.07) is 39.7. The summed E-state index contributed by atoms with van der Waals surface area (Å²) >= 11 is 0. The van der Waals surface area contributed by atoms with Gasteiger partial charge in [0.25, 0.3) is 5.82 Å². The Balaban J connectivity index is 1.33. The first-order chi connectivity index (χ1) is 25.3. The number of aryl methyl sites for hydroxylation is 2. The highest BCUT2D eigenvalue weighted by molar-refractivity contribution is 6.17. The van der Waals surface area contributed by atoms with Crippen molar-refractivity contribution in [1.82, 2.24) is 14.5 Å². The molecule has 0 atom stereocenters. The predicted molar refractivity (Wildman–Crippen MR) is 214 cm³/mol. The van der Waals surface area contributed by atoms with Crippen molar-refractivity contribution >= 4 is 43.7 Å². The zero-order valence-corrected chi connectivity index (χ0v) is 30.5. The van der Waals surface area contributed by atoms with E-state index in [9.17, 15) is 0 Å². The molecule has 0 aliphatic heterocycles. The van der Waals surface area contributed by atoms with Crippen molar-refractivity contribution in [3.8, 4) is 39.5 Å². The number of furan rings is 1. The summed E-state index contributed by atoms with van der Waals surface area (Å²) in [6.45, 7) is 11.5. The Bertz CT molecular complexity index is 2780. The highest BCUT2D eigenvalue weighted by Gasteiger charge is 2.34. The average molecular weight is 678 g/mol. The van der Waals surface area contributed by atoms with Crippen LogP contribution in [0.1, 0.15) is 56.2 Å². The van der Waals surface area contributed by atoms with Crippen LogP contribution >= 0.6 is 0 Å². The van der Waals surface area contributed by atoms with Gasteiger partial charge in [0.05, 0.1) is 18.9 Å². The first-order valence-corrected chi connectivity index (χ1v) is 18.2. The zero-order valence-electron chi connectivity index (χ0n) is 30.5. The molecule has 0 spiro atoms. The second-order valence-corrected chi connectivity index (χ2v) is 14.6. The monoisotopic (exact) mass is 677 g/mol. The molecule has 3 heterocycles. The van der Waals surface area contributed by atoms with Gasteiger partial charge in [-0.25, -0.2) is 4.57 Å². The maximum Gasteiger partial charge on any atom is 0.299 e. The Morgan fingerprint density at radius 1 is 0.654 bits per heavy atom. The van der Waals surface area contributed by atoms with Crippen molar-refractivity contribution < 1.29 is 8.98 Å². The van der Waals surface area contributed by atoms with Crippen molar-refractivity contribution in [3.05, 3.63) is 144 Å². The summed E-state index contributed by atoms with van der Waals surface area (Å²) in [7, 11) is 2.20. The van der Waals surface area contributed by atoms with Gasteiger partial charge in [-0.2, -0.15) is 4.57 Å². The lowest BCUT2D eigenvalue weighted by Crippen LogP contribution is -2.30. The smallest absolute Gasteiger partial charge is 0.299 e. The molecule has 254 valence electrons. The fourth-order valence-corrected chi connectivity index (χ4v) is 8.03. The van der Waals surface area contributed by atoms with Crippen LogP contribution in [0.25, 0.3) is 83.2 Å². The molecule has 0 bridgehead atoms. The third-order valence-electron chi connectivity index (χ3n) is 10.7. The molecule has 0 radical (unpaired) electrons. The van der Waals surface area contributed by atoms with E-state index >= 15 is 0 Å². The molecule has 6 aromatic carbocycles. The molecule has 0 fully saturated rings. The maximum absolute atomic E-state index is 7.01. The van der Waals surface area contributed by atoms with Crippen LogP contribution < -0.4 is 4.57 Å². The van der Waals surface area contributed by atoms with Crippen LogP contribution in [-0.2, 0) is 7.05 Å². The fourth-order valence-electron chi connectivity index (χ4n) is 8.03. The minimum absolute atomic E-state index is 0.264. The zero-order chi connectivity index (χ0) is 35.7. The lowest BCUT2D eigenvalue weighted by Gasteiger charge is -2.21. The van der Waals surface area contributed by atoms with Crippen molar-refractivity contribution in [2.24, 2.45) is 7.05 Å². The summed E-state index contributed by atoms with van der Waals surface area (Å²) < 4.78 is 11.9. The molecule has 0 unspecified atom stereocenters. The van der Waals surface area contributed by atoms with Crippen LogP contribution in [-0.4, -0.2) is 14.5 Å². The number of benzene rings is 6. The molecule has 0 N–H and O–H groups in total. The molecule has 9 rings (SSSR count). The largest absolute Gasteiger partial charge is 0.454 e. The number of para-hydroxylation sites is 2. The molecule has 0 saturated heterocycles. The van der Waals surface area contributed by atoms with Crippen LogP contribution in [0.4, 0.5) is 0 Å². The summed E-state index contributed by atoms with van der Waals surface area (Å²) in [5.74, 6) is 1.64. The first-order valence-electron chi connectivity index (χ1n) is 18.2. The van der Waals surface area contributed by atoms with E-state index in [4.69, 9.17) is 4.42 Å². The fraction of sp³-hybridized carbons (Fsp3) is 0.170. The number of nitrogens with zero attached hydrogens (tertiary/aromatic N) is 4. The molecule has 3 aromatic heterocycles. The Hall–Kier alpha value is -6.07. The number of fused-ring (bicyclic) bond motifs is 6. The van der Waals surface area contributed by atoms with Gasteiger partial charge >= 0.3 is 0 Å². The van der Waals surface area contributed by atoms with Gasteiger partial charge in [0.15, 0.2) is 16.6 Å². The predicted octanol–water partition coefficient (Wildman–Crippen LogP) is 11.9. The minimum atomic E-state index is 0.264. The highest BCUT2D eigenvalue weighted by Crippen LogP contribution is 2.44. The highest BCUT2D eigenvalue weighted by atomic mass is 16.3. The van der Waals surface area contributed by atoms with Gasteiger partial charge in [0.1, 0.15) is 16.8 Å². The van der Waals surface area contributed by atoms with Crippen LogP contribution in [0.2, 0.25) is 0 Å². The quantitative estimate of drug-likeness (QED) is 0.165. The van der Waals surface area contributed by atoms with Gasteiger partial charge < -0.3 is 4.42 Å². The van der Waals surface area contributed by atoms with E-state index in [1.165, 1.54) is 49.9 Å². The molecule has 52 heavy (non-hydrogen) atoms. The van der Waals surface area contributed by atoms with Gasteiger partial charge in [-0.05, 0) is 71.2 Å². The second-order valence-electron chi connectivity index (χ2n) is 14.6. The van der Waals surface area contributed by atoms with Gasteiger partial charge in [-0.15, -0.1) is 0 Å². The van der Waals surface area contributed by atoms with Gasteiger partial charge in [0, 0.05) is 45.2 Å². The van der Waals surface area contributed by atoms with E-state index in [0.29, 0.717) is 0 Å². The minimum Gasteiger partial charge on any atom is -0.454 e. The molecule has 9 aromatic rings. The molecule has 5 nitrogen and oxygen atoms in total. The average Bonchev–Trinajstić information content (AvgIpc) is 3.69. The maximum atomic E-state index is 7.01. The Kier molecular flexibility index (Phi) is 7.55. The molecule has 0 amide bonds. The lowest BCUT2D eigenvalue weighted by atomic mass is 9.87. The van der Waals surface area contributed by atoms with Gasteiger partial charge in [-0.1, -0.05) is 107 Å². The number of rotatable bonds is 6.